The van der Waals surface area contributed by atoms with E-state index in [0.29, 0.717) is 24.5 Å². The van der Waals surface area contributed by atoms with E-state index in [-0.39, 0.29) is 5.75 Å². The first-order valence-corrected chi connectivity index (χ1v) is 6.61. The van der Waals surface area contributed by atoms with E-state index in [1.165, 1.54) is 11.6 Å². The number of nitrogens with one attached hydrogen (secondary N) is 1. The van der Waals surface area contributed by atoms with E-state index in [9.17, 15) is 4.39 Å². The smallest absolute Gasteiger partial charge is 0.167 e. The number of hydrogen-bond acceptors (Lipinski definition) is 3. The molecule has 3 N–H and O–H groups in total. The predicted molar refractivity (Wildman–Crippen MR) is 80.5 cm³/mol. The highest BCUT2D eigenvalue weighted by Gasteiger charge is 2.08. The Labute approximate surface area is 118 Å². The Morgan fingerprint density at radius 1 is 1.20 bits per heavy atom. The standard InChI is InChI=1S/C16H19FN2O/c1-3-20-16-9-15(14(18)8-13(16)17)19-10-12-6-4-11(2)5-7-12/h4-9,19H,3,10,18H2,1-2H3. The van der Waals surface area contributed by atoms with E-state index in [4.69, 9.17) is 10.5 Å². The first-order valence-electron chi connectivity index (χ1n) is 6.61. The number of anilines is 2. The minimum absolute atomic E-state index is 0.216. The fourth-order valence-electron chi connectivity index (χ4n) is 1.89. The second-order valence-electron chi connectivity index (χ2n) is 4.64. The molecule has 0 aromatic heterocycles. The van der Waals surface area contributed by atoms with Gasteiger partial charge in [-0.3, -0.25) is 0 Å². The van der Waals surface area contributed by atoms with Gasteiger partial charge in [0.05, 0.1) is 18.0 Å². The van der Waals surface area contributed by atoms with Crippen LogP contribution in [-0.4, -0.2) is 6.61 Å². The van der Waals surface area contributed by atoms with Crippen molar-refractivity contribution in [3.05, 3.63) is 53.3 Å². The van der Waals surface area contributed by atoms with Gasteiger partial charge in [0.2, 0.25) is 0 Å². The second-order valence-corrected chi connectivity index (χ2v) is 4.64. The van der Waals surface area contributed by atoms with Gasteiger partial charge in [-0.25, -0.2) is 4.39 Å². The lowest BCUT2D eigenvalue weighted by molar-refractivity contribution is 0.322. The molecule has 20 heavy (non-hydrogen) atoms. The minimum atomic E-state index is -0.440. The summed E-state index contributed by atoms with van der Waals surface area (Å²) in [6.07, 6.45) is 0. The van der Waals surface area contributed by atoms with Gasteiger partial charge < -0.3 is 15.8 Å². The second kappa shape index (κ2) is 6.28. The molecule has 0 radical (unpaired) electrons. The maximum Gasteiger partial charge on any atom is 0.167 e. The lowest BCUT2D eigenvalue weighted by Gasteiger charge is -2.12. The Kier molecular flexibility index (Phi) is 4.45. The molecule has 0 spiro atoms. The van der Waals surface area contributed by atoms with Gasteiger partial charge in [0, 0.05) is 18.7 Å². The first-order chi connectivity index (χ1) is 9.60. The molecule has 0 saturated heterocycles. The fraction of sp³-hybridized carbons (Fsp3) is 0.250. The van der Waals surface area contributed by atoms with Crippen molar-refractivity contribution >= 4 is 11.4 Å². The highest BCUT2D eigenvalue weighted by atomic mass is 19.1. The van der Waals surface area contributed by atoms with Crippen molar-refractivity contribution in [2.75, 3.05) is 17.7 Å². The number of halogens is 1. The third-order valence-electron chi connectivity index (χ3n) is 3.01. The molecule has 0 saturated carbocycles. The van der Waals surface area contributed by atoms with Crippen LogP contribution in [-0.2, 0) is 6.54 Å². The van der Waals surface area contributed by atoms with E-state index < -0.39 is 5.82 Å². The van der Waals surface area contributed by atoms with Crippen LogP contribution in [0.25, 0.3) is 0 Å². The summed E-state index contributed by atoms with van der Waals surface area (Å²) in [5, 5.41) is 3.20. The highest BCUT2D eigenvalue weighted by molar-refractivity contribution is 5.68. The van der Waals surface area contributed by atoms with E-state index in [0.717, 1.165) is 5.56 Å². The summed E-state index contributed by atoms with van der Waals surface area (Å²) >= 11 is 0. The topological polar surface area (TPSA) is 47.3 Å². The van der Waals surface area contributed by atoms with Gasteiger partial charge in [-0.1, -0.05) is 29.8 Å². The van der Waals surface area contributed by atoms with Crippen LogP contribution < -0.4 is 15.8 Å². The van der Waals surface area contributed by atoms with Crippen molar-refractivity contribution in [1.82, 2.24) is 0 Å². The monoisotopic (exact) mass is 274 g/mol. The summed E-state index contributed by atoms with van der Waals surface area (Å²) in [4.78, 5) is 0. The minimum Gasteiger partial charge on any atom is -0.491 e. The summed E-state index contributed by atoms with van der Waals surface area (Å²) in [5.74, 6) is -0.224. The van der Waals surface area contributed by atoms with Crippen LogP contribution in [0.4, 0.5) is 15.8 Å². The number of benzene rings is 2. The SMILES string of the molecule is CCOc1cc(NCc2ccc(C)cc2)c(N)cc1F. The quantitative estimate of drug-likeness (QED) is 0.817. The predicted octanol–water partition coefficient (Wildman–Crippen LogP) is 3.73. The van der Waals surface area contributed by atoms with Gasteiger partial charge in [-0.15, -0.1) is 0 Å². The zero-order valence-electron chi connectivity index (χ0n) is 11.7. The molecule has 3 nitrogen and oxygen atoms in total. The first kappa shape index (κ1) is 14.2. The molecule has 0 amide bonds. The maximum absolute atomic E-state index is 13.6. The molecule has 2 rings (SSSR count). The molecule has 0 unspecified atom stereocenters. The Morgan fingerprint density at radius 3 is 2.55 bits per heavy atom. The third kappa shape index (κ3) is 3.41. The molecule has 4 heteroatoms. The third-order valence-corrected chi connectivity index (χ3v) is 3.01. The normalized spacial score (nSPS) is 10.3. The zero-order valence-corrected chi connectivity index (χ0v) is 11.7. The largest absolute Gasteiger partial charge is 0.491 e. The molecule has 0 atom stereocenters. The molecular weight excluding hydrogens is 255 g/mol. The Hall–Kier alpha value is -2.23. The van der Waals surface area contributed by atoms with Crippen LogP contribution in [0.5, 0.6) is 5.75 Å². The van der Waals surface area contributed by atoms with Gasteiger partial charge >= 0.3 is 0 Å². The van der Waals surface area contributed by atoms with Gasteiger partial charge in [0.15, 0.2) is 11.6 Å². The van der Waals surface area contributed by atoms with Crippen molar-refractivity contribution in [3.8, 4) is 5.75 Å². The summed E-state index contributed by atoms with van der Waals surface area (Å²) in [7, 11) is 0. The van der Waals surface area contributed by atoms with Crippen molar-refractivity contribution in [3.63, 3.8) is 0 Å². The molecular formula is C16H19FN2O. The number of ether oxygens (including phenoxy) is 1. The fourth-order valence-corrected chi connectivity index (χ4v) is 1.89. The maximum atomic E-state index is 13.6. The van der Waals surface area contributed by atoms with Crippen molar-refractivity contribution in [2.24, 2.45) is 0 Å². The van der Waals surface area contributed by atoms with Gasteiger partial charge in [-0.2, -0.15) is 0 Å². The summed E-state index contributed by atoms with van der Waals surface area (Å²) in [5.41, 5.74) is 9.22. The highest BCUT2D eigenvalue weighted by Crippen LogP contribution is 2.28. The molecule has 106 valence electrons. The van der Waals surface area contributed by atoms with E-state index in [1.54, 1.807) is 6.07 Å². The molecule has 0 aliphatic carbocycles. The lowest BCUT2D eigenvalue weighted by atomic mass is 10.1. The van der Waals surface area contributed by atoms with Crippen LogP contribution in [0.2, 0.25) is 0 Å². The molecule has 0 fully saturated rings. The van der Waals surface area contributed by atoms with Crippen molar-refractivity contribution in [2.45, 2.75) is 20.4 Å². The molecule has 2 aromatic carbocycles. The number of rotatable bonds is 5. The average Bonchev–Trinajstić information content (AvgIpc) is 2.42. The van der Waals surface area contributed by atoms with Gasteiger partial charge in [0.1, 0.15) is 0 Å². The van der Waals surface area contributed by atoms with Crippen LogP contribution in [0.1, 0.15) is 18.1 Å². The molecule has 0 aliphatic rings. The van der Waals surface area contributed by atoms with E-state index in [1.807, 2.05) is 26.0 Å². The van der Waals surface area contributed by atoms with Gasteiger partial charge in [-0.05, 0) is 19.4 Å². The van der Waals surface area contributed by atoms with Crippen LogP contribution in [0.3, 0.4) is 0 Å². The van der Waals surface area contributed by atoms with Crippen molar-refractivity contribution < 1.29 is 9.13 Å². The summed E-state index contributed by atoms with van der Waals surface area (Å²) in [6.45, 7) is 4.90. The average molecular weight is 274 g/mol. The number of nitrogen functional groups attached to an aromatic ring is 1. The summed E-state index contributed by atoms with van der Waals surface area (Å²) < 4.78 is 18.8. The number of nitrogens with two attached hydrogens (primary N) is 1. The molecule has 0 heterocycles. The van der Waals surface area contributed by atoms with Crippen molar-refractivity contribution in [1.29, 1.82) is 0 Å². The van der Waals surface area contributed by atoms with Gasteiger partial charge in [0.25, 0.3) is 0 Å². The van der Waals surface area contributed by atoms with E-state index in [2.05, 4.69) is 17.4 Å². The van der Waals surface area contributed by atoms with Crippen LogP contribution in [0, 0.1) is 12.7 Å². The molecule has 0 aliphatic heterocycles. The molecule has 0 bridgehead atoms. The summed E-state index contributed by atoms with van der Waals surface area (Å²) in [6, 6.07) is 11.1. The molecule has 2 aromatic rings. The Balaban J connectivity index is 2.12. The Morgan fingerprint density at radius 2 is 1.90 bits per heavy atom. The number of aryl methyl sites for hydroxylation is 1. The number of hydrogen-bond donors (Lipinski definition) is 2. The Bertz CT molecular complexity index is 582. The van der Waals surface area contributed by atoms with E-state index >= 15 is 0 Å². The zero-order chi connectivity index (χ0) is 14.5. The van der Waals surface area contributed by atoms with Crippen LogP contribution in [0.15, 0.2) is 36.4 Å². The lowest BCUT2D eigenvalue weighted by Crippen LogP contribution is -2.04. The van der Waals surface area contributed by atoms with Crippen LogP contribution >= 0.6 is 0 Å².